The summed E-state index contributed by atoms with van der Waals surface area (Å²) in [5.74, 6) is -0.656. The number of hydrogen-bond donors (Lipinski definition) is 1. The minimum Gasteiger partial charge on any atom is -0.454 e. The minimum atomic E-state index is -1.12. The quantitative estimate of drug-likeness (QED) is 0.745. The van der Waals surface area contributed by atoms with Gasteiger partial charge in [-0.1, -0.05) is 18.2 Å². The lowest BCUT2D eigenvalue weighted by Gasteiger charge is -2.42. The molecule has 3 amide bonds. The Morgan fingerprint density at radius 3 is 2.61 bits per heavy atom. The van der Waals surface area contributed by atoms with Crippen LogP contribution in [0.15, 0.2) is 42.5 Å². The summed E-state index contributed by atoms with van der Waals surface area (Å²) >= 11 is 0. The zero-order valence-electron chi connectivity index (χ0n) is 16.7. The van der Waals surface area contributed by atoms with Crippen LogP contribution in [0.3, 0.4) is 0 Å². The first-order valence-electron chi connectivity index (χ1n) is 9.83. The van der Waals surface area contributed by atoms with Gasteiger partial charge in [0.2, 0.25) is 18.6 Å². The number of nitrogens with one attached hydrogen (secondary N) is 1. The molecule has 9 heteroatoms. The van der Waals surface area contributed by atoms with Crippen molar-refractivity contribution in [3.05, 3.63) is 53.6 Å². The van der Waals surface area contributed by atoms with Gasteiger partial charge in [0.1, 0.15) is 12.1 Å². The van der Waals surface area contributed by atoms with E-state index in [0.29, 0.717) is 28.3 Å². The third-order valence-corrected chi connectivity index (χ3v) is 5.76. The van der Waals surface area contributed by atoms with Gasteiger partial charge in [0.15, 0.2) is 17.3 Å². The molecule has 2 aromatic carbocycles. The lowest BCUT2D eigenvalue weighted by molar-refractivity contribution is -0.159. The second-order valence-corrected chi connectivity index (χ2v) is 7.69. The number of ketones is 1. The zero-order valence-corrected chi connectivity index (χ0v) is 16.7. The van der Waals surface area contributed by atoms with E-state index in [1.54, 1.807) is 42.5 Å². The molecule has 3 aliphatic heterocycles. The number of piperazine rings is 1. The van der Waals surface area contributed by atoms with Crippen molar-refractivity contribution < 1.29 is 28.7 Å². The minimum absolute atomic E-state index is 0.0616. The van der Waals surface area contributed by atoms with Crippen molar-refractivity contribution in [1.82, 2.24) is 9.80 Å². The Kier molecular flexibility index (Phi) is 4.39. The second kappa shape index (κ2) is 7.12. The fourth-order valence-corrected chi connectivity index (χ4v) is 4.26. The van der Waals surface area contributed by atoms with Crippen molar-refractivity contribution in [1.29, 1.82) is 0 Å². The van der Waals surface area contributed by atoms with Gasteiger partial charge in [0.05, 0.1) is 12.2 Å². The first kappa shape index (κ1) is 19.1. The standard InChI is InChI=1S/C22H19N3O6/c1-24-10-19(27)25-15(22(24)29)9-16(26)13-4-2-3-5-14(13)23-21(28)20(25)12-6-7-17-18(8-12)31-11-30-17/h2-8,15,20H,9-11H2,1H3,(H,23,28). The maximum Gasteiger partial charge on any atom is 0.251 e. The number of likely N-dealkylation sites (N-methyl/N-ethyl adjacent to an activating group) is 1. The predicted molar refractivity (Wildman–Crippen MR) is 108 cm³/mol. The van der Waals surface area contributed by atoms with Gasteiger partial charge < -0.3 is 24.6 Å². The topological polar surface area (TPSA) is 105 Å². The molecule has 3 heterocycles. The van der Waals surface area contributed by atoms with Crippen LogP contribution in [0.2, 0.25) is 0 Å². The summed E-state index contributed by atoms with van der Waals surface area (Å²) in [5, 5.41) is 2.78. The van der Waals surface area contributed by atoms with Crippen LogP contribution in [0, 0.1) is 0 Å². The second-order valence-electron chi connectivity index (χ2n) is 7.69. The molecule has 158 valence electrons. The normalized spacial score (nSPS) is 22.9. The molecule has 2 unspecified atom stereocenters. The van der Waals surface area contributed by atoms with E-state index in [9.17, 15) is 19.2 Å². The molecule has 1 saturated heterocycles. The molecular formula is C22H19N3O6. The molecule has 0 bridgehead atoms. The first-order chi connectivity index (χ1) is 14.9. The summed E-state index contributed by atoms with van der Waals surface area (Å²) in [6.45, 7) is -0.114. The summed E-state index contributed by atoms with van der Waals surface area (Å²) in [4.78, 5) is 55.1. The molecule has 0 aliphatic carbocycles. The van der Waals surface area contributed by atoms with Crippen LogP contribution < -0.4 is 14.8 Å². The molecule has 2 atom stereocenters. The maximum atomic E-state index is 13.5. The Hall–Kier alpha value is -3.88. The van der Waals surface area contributed by atoms with E-state index in [0.717, 1.165) is 0 Å². The van der Waals surface area contributed by atoms with E-state index in [2.05, 4.69) is 5.32 Å². The number of carbonyl (C=O) groups is 4. The van der Waals surface area contributed by atoms with E-state index in [1.165, 1.54) is 16.8 Å². The number of hydrogen-bond acceptors (Lipinski definition) is 6. The van der Waals surface area contributed by atoms with Gasteiger partial charge in [-0.05, 0) is 29.8 Å². The SMILES string of the molecule is CN1CC(=O)N2C(CC(=O)c3ccccc3NC(=O)C2c2ccc3c(c2)OCO3)C1=O. The summed E-state index contributed by atoms with van der Waals surface area (Å²) in [5.41, 5.74) is 1.11. The van der Waals surface area contributed by atoms with Crippen molar-refractivity contribution in [2.45, 2.75) is 18.5 Å². The highest BCUT2D eigenvalue weighted by atomic mass is 16.7. The number of fused-ring (bicyclic) bond motifs is 3. The van der Waals surface area contributed by atoms with Crippen molar-refractivity contribution >= 4 is 29.2 Å². The van der Waals surface area contributed by atoms with E-state index in [4.69, 9.17) is 9.47 Å². The van der Waals surface area contributed by atoms with Crippen molar-refractivity contribution in [2.24, 2.45) is 0 Å². The number of Topliss-reactive ketones (excluding diaryl/α,β-unsaturated/α-hetero) is 1. The lowest BCUT2D eigenvalue weighted by atomic mass is 9.96. The number of para-hydroxylation sites is 1. The Morgan fingerprint density at radius 2 is 1.77 bits per heavy atom. The van der Waals surface area contributed by atoms with Crippen LogP contribution in [-0.4, -0.2) is 59.7 Å². The molecule has 1 fully saturated rings. The summed E-state index contributed by atoms with van der Waals surface area (Å²) in [6, 6.07) is 9.36. The molecule has 0 aromatic heterocycles. The number of anilines is 1. The van der Waals surface area contributed by atoms with Crippen molar-refractivity contribution in [3.63, 3.8) is 0 Å². The van der Waals surface area contributed by atoms with E-state index < -0.39 is 23.9 Å². The van der Waals surface area contributed by atoms with Crippen LogP contribution in [0.1, 0.15) is 28.4 Å². The largest absolute Gasteiger partial charge is 0.454 e. The van der Waals surface area contributed by atoms with Gasteiger partial charge in [0, 0.05) is 19.0 Å². The number of rotatable bonds is 1. The predicted octanol–water partition coefficient (Wildman–Crippen LogP) is 1.35. The number of nitrogens with zero attached hydrogens (tertiary/aromatic N) is 2. The monoisotopic (exact) mass is 421 g/mol. The summed E-state index contributed by atoms with van der Waals surface area (Å²) in [6.07, 6.45) is -0.220. The average Bonchev–Trinajstić information content (AvgIpc) is 3.23. The molecule has 31 heavy (non-hydrogen) atoms. The molecule has 1 N–H and O–H groups in total. The van der Waals surface area contributed by atoms with Crippen LogP contribution in [0.25, 0.3) is 0 Å². The lowest BCUT2D eigenvalue weighted by Crippen LogP contribution is -2.61. The fraction of sp³-hybridized carbons (Fsp3) is 0.273. The zero-order chi connectivity index (χ0) is 21.7. The highest BCUT2D eigenvalue weighted by molar-refractivity contribution is 6.10. The Labute approximate surface area is 177 Å². The molecule has 0 saturated carbocycles. The van der Waals surface area contributed by atoms with E-state index >= 15 is 0 Å². The van der Waals surface area contributed by atoms with Crippen LogP contribution >= 0.6 is 0 Å². The Balaban J connectivity index is 1.67. The van der Waals surface area contributed by atoms with Crippen LogP contribution in [-0.2, 0) is 14.4 Å². The van der Waals surface area contributed by atoms with Crippen LogP contribution in [0.4, 0.5) is 5.69 Å². The summed E-state index contributed by atoms with van der Waals surface area (Å²) in [7, 11) is 1.51. The van der Waals surface area contributed by atoms with Crippen molar-refractivity contribution in [3.8, 4) is 11.5 Å². The first-order valence-corrected chi connectivity index (χ1v) is 9.83. The number of ether oxygens (including phenoxy) is 2. The average molecular weight is 421 g/mol. The number of benzene rings is 2. The number of amides is 3. The number of carbonyl (C=O) groups excluding carboxylic acids is 4. The molecule has 0 radical (unpaired) electrons. The van der Waals surface area contributed by atoms with E-state index in [1.807, 2.05) is 0 Å². The van der Waals surface area contributed by atoms with Gasteiger partial charge in [0.25, 0.3) is 5.91 Å². The fourth-order valence-electron chi connectivity index (χ4n) is 4.26. The smallest absolute Gasteiger partial charge is 0.251 e. The van der Waals surface area contributed by atoms with Gasteiger partial charge in [-0.25, -0.2) is 0 Å². The third kappa shape index (κ3) is 3.09. The van der Waals surface area contributed by atoms with Gasteiger partial charge in [-0.3, -0.25) is 19.2 Å². The van der Waals surface area contributed by atoms with Gasteiger partial charge >= 0.3 is 0 Å². The molecule has 0 spiro atoms. The Morgan fingerprint density at radius 1 is 1.00 bits per heavy atom. The molecule has 3 aliphatic rings. The van der Waals surface area contributed by atoms with Crippen LogP contribution in [0.5, 0.6) is 11.5 Å². The highest BCUT2D eigenvalue weighted by Gasteiger charge is 2.46. The van der Waals surface area contributed by atoms with Crippen molar-refractivity contribution in [2.75, 3.05) is 25.7 Å². The molecular weight excluding hydrogens is 402 g/mol. The highest BCUT2D eigenvalue weighted by Crippen LogP contribution is 2.38. The summed E-state index contributed by atoms with van der Waals surface area (Å²) < 4.78 is 10.8. The maximum absolute atomic E-state index is 13.5. The van der Waals surface area contributed by atoms with Gasteiger partial charge in [-0.15, -0.1) is 0 Å². The third-order valence-electron chi connectivity index (χ3n) is 5.76. The molecule has 5 rings (SSSR count). The van der Waals surface area contributed by atoms with E-state index in [-0.39, 0.29) is 31.4 Å². The molecule has 9 nitrogen and oxygen atoms in total. The van der Waals surface area contributed by atoms with Gasteiger partial charge in [-0.2, -0.15) is 0 Å². The molecule has 2 aromatic rings. The Bertz CT molecular complexity index is 1130.